The number of amides is 1. The number of hydrogen-bond acceptors (Lipinski definition) is 5. The third kappa shape index (κ3) is 4.27. The summed E-state index contributed by atoms with van der Waals surface area (Å²) in [5.74, 6) is 1.16. The molecule has 0 N–H and O–H groups in total. The van der Waals surface area contributed by atoms with Gasteiger partial charge in [0.2, 0.25) is 5.91 Å². The first kappa shape index (κ1) is 19.8. The van der Waals surface area contributed by atoms with Crippen LogP contribution in [-0.2, 0) is 4.79 Å². The Bertz CT molecular complexity index is 971. The van der Waals surface area contributed by atoms with E-state index in [1.807, 2.05) is 25.2 Å². The highest BCUT2D eigenvalue weighted by Crippen LogP contribution is 2.35. The van der Waals surface area contributed by atoms with Gasteiger partial charge in [-0.25, -0.2) is 9.97 Å². The van der Waals surface area contributed by atoms with Crippen LogP contribution in [0.15, 0.2) is 42.7 Å². The van der Waals surface area contributed by atoms with Gasteiger partial charge in [0.15, 0.2) is 0 Å². The second-order valence-electron chi connectivity index (χ2n) is 7.71. The number of benzene rings is 1. The minimum absolute atomic E-state index is 0.268. The summed E-state index contributed by atoms with van der Waals surface area (Å²) >= 11 is 1.68. The second-order valence-corrected chi connectivity index (χ2v) is 8.74. The molecule has 0 spiro atoms. The Labute approximate surface area is 176 Å². The molecule has 1 aliphatic rings. The average Bonchev–Trinajstić information content (AvgIpc) is 3.22. The van der Waals surface area contributed by atoms with E-state index in [1.165, 1.54) is 16.9 Å². The highest BCUT2D eigenvalue weighted by molar-refractivity contribution is 7.21. The number of likely N-dealkylation sites (tertiary alicyclic amines) is 1. The largest absolute Gasteiger partial charge is 0.359 e. The van der Waals surface area contributed by atoms with Crippen LogP contribution in [0.1, 0.15) is 39.0 Å². The van der Waals surface area contributed by atoms with E-state index in [1.54, 1.807) is 17.7 Å². The molecule has 4 rings (SSSR count). The molecule has 1 atom stereocenters. The predicted octanol–water partition coefficient (Wildman–Crippen LogP) is 4.98. The number of carbonyl (C=O) groups excluding carboxylic acids is 1. The van der Waals surface area contributed by atoms with Crippen molar-refractivity contribution in [1.29, 1.82) is 0 Å². The summed E-state index contributed by atoms with van der Waals surface area (Å²) in [4.78, 5) is 28.2. The standard InChI is InChI=1S/C23H28N4OS/c1-3-18-11-7-8-13-27(18)21(28)12-14-26(2)22-19-15-20(17-9-5-4-6-10-17)29-23(19)25-16-24-22/h4-6,9-10,15-16,18H,3,7-8,11-14H2,1-2H3. The van der Waals surface area contributed by atoms with E-state index in [9.17, 15) is 4.79 Å². The normalized spacial score (nSPS) is 16.9. The Hall–Kier alpha value is -2.47. The van der Waals surface area contributed by atoms with Crippen LogP contribution in [0.5, 0.6) is 0 Å². The van der Waals surface area contributed by atoms with Gasteiger partial charge in [-0.2, -0.15) is 0 Å². The van der Waals surface area contributed by atoms with Crippen LogP contribution < -0.4 is 4.90 Å². The van der Waals surface area contributed by atoms with Gasteiger partial charge in [-0.05, 0) is 37.3 Å². The molecule has 3 aromatic rings. The second kappa shape index (κ2) is 8.91. The molecule has 1 unspecified atom stereocenters. The van der Waals surface area contributed by atoms with E-state index in [4.69, 9.17) is 0 Å². The molecule has 2 aromatic heterocycles. The van der Waals surface area contributed by atoms with E-state index in [0.29, 0.717) is 19.0 Å². The summed E-state index contributed by atoms with van der Waals surface area (Å²) < 4.78 is 0. The topological polar surface area (TPSA) is 49.3 Å². The molecule has 0 bridgehead atoms. The average molecular weight is 409 g/mol. The molecule has 6 heteroatoms. The smallest absolute Gasteiger partial charge is 0.224 e. The van der Waals surface area contributed by atoms with Crippen molar-refractivity contribution in [2.75, 3.05) is 25.0 Å². The Morgan fingerprint density at radius 3 is 2.86 bits per heavy atom. The first-order valence-electron chi connectivity index (χ1n) is 10.5. The van der Waals surface area contributed by atoms with Crippen molar-refractivity contribution >= 4 is 33.3 Å². The first-order valence-corrected chi connectivity index (χ1v) is 11.3. The molecular weight excluding hydrogens is 380 g/mol. The summed E-state index contributed by atoms with van der Waals surface area (Å²) in [6, 6.07) is 12.9. The summed E-state index contributed by atoms with van der Waals surface area (Å²) in [7, 11) is 2.02. The number of carbonyl (C=O) groups is 1. The quantitative estimate of drug-likeness (QED) is 0.577. The van der Waals surface area contributed by atoms with Crippen LogP contribution >= 0.6 is 11.3 Å². The predicted molar refractivity (Wildman–Crippen MR) is 120 cm³/mol. The molecule has 1 aliphatic heterocycles. The van der Waals surface area contributed by atoms with Crippen molar-refractivity contribution in [3.8, 4) is 10.4 Å². The lowest BCUT2D eigenvalue weighted by molar-refractivity contribution is -0.134. The van der Waals surface area contributed by atoms with Crippen molar-refractivity contribution in [1.82, 2.24) is 14.9 Å². The minimum atomic E-state index is 0.268. The van der Waals surface area contributed by atoms with Gasteiger partial charge in [-0.1, -0.05) is 37.3 Å². The molecule has 1 saturated heterocycles. The lowest BCUT2D eigenvalue weighted by Crippen LogP contribution is -2.44. The van der Waals surface area contributed by atoms with Crippen LogP contribution in [0.3, 0.4) is 0 Å². The molecule has 152 valence electrons. The van der Waals surface area contributed by atoms with Gasteiger partial charge in [0.05, 0.1) is 5.39 Å². The molecular formula is C23H28N4OS. The van der Waals surface area contributed by atoms with E-state index in [-0.39, 0.29) is 5.91 Å². The number of thiophene rings is 1. The molecule has 1 fully saturated rings. The number of rotatable bonds is 6. The number of hydrogen-bond donors (Lipinski definition) is 0. The molecule has 0 saturated carbocycles. The highest BCUT2D eigenvalue weighted by atomic mass is 32.1. The lowest BCUT2D eigenvalue weighted by Gasteiger charge is -2.35. The zero-order valence-electron chi connectivity index (χ0n) is 17.2. The zero-order chi connectivity index (χ0) is 20.2. The van der Waals surface area contributed by atoms with Crippen molar-refractivity contribution in [2.24, 2.45) is 0 Å². The van der Waals surface area contributed by atoms with Gasteiger partial charge in [0, 0.05) is 37.5 Å². The van der Waals surface area contributed by atoms with Gasteiger partial charge in [0.25, 0.3) is 0 Å². The Morgan fingerprint density at radius 2 is 2.07 bits per heavy atom. The summed E-state index contributed by atoms with van der Waals surface area (Å²) in [5, 5.41) is 1.05. The van der Waals surface area contributed by atoms with Crippen molar-refractivity contribution in [2.45, 2.75) is 45.1 Å². The van der Waals surface area contributed by atoms with Gasteiger partial charge >= 0.3 is 0 Å². The monoisotopic (exact) mass is 408 g/mol. The van der Waals surface area contributed by atoms with Gasteiger partial charge < -0.3 is 9.80 Å². The van der Waals surface area contributed by atoms with Crippen LogP contribution in [0, 0.1) is 0 Å². The van der Waals surface area contributed by atoms with E-state index < -0.39 is 0 Å². The third-order valence-corrected chi connectivity index (χ3v) is 6.90. The Kier molecular flexibility index (Phi) is 6.09. The van der Waals surface area contributed by atoms with Crippen molar-refractivity contribution in [3.05, 3.63) is 42.7 Å². The maximum Gasteiger partial charge on any atom is 0.224 e. The maximum absolute atomic E-state index is 12.8. The summed E-state index contributed by atoms with van der Waals surface area (Å²) in [6.45, 7) is 3.75. The van der Waals surface area contributed by atoms with E-state index in [2.05, 4.69) is 44.9 Å². The molecule has 0 radical (unpaired) electrons. The lowest BCUT2D eigenvalue weighted by atomic mass is 9.99. The number of piperidine rings is 1. The molecule has 1 amide bonds. The Balaban J connectivity index is 1.49. The van der Waals surface area contributed by atoms with Crippen LogP contribution in [-0.4, -0.2) is 47.0 Å². The van der Waals surface area contributed by atoms with Crippen LogP contribution in [0.25, 0.3) is 20.7 Å². The van der Waals surface area contributed by atoms with E-state index >= 15 is 0 Å². The number of nitrogens with zero attached hydrogens (tertiary/aromatic N) is 4. The molecule has 5 nitrogen and oxygen atoms in total. The molecule has 1 aromatic carbocycles. The fourth-order valence-electron chi connectivity index (χ4n) is 4.16. The van der Waals surface area contributed by atoms with Gasteiger partial charge in [-0.3, -0.25) is 4.79 Å². The number of fused-ring (bicyclic) bond motifs is 1. The number of anilines is 1. The van der Waals surface area contributed by atoms with E-state index in [0.717, 1.165) is 41.8 Å². The molecule has 3 heterocycles. The Morgan fingerprint density at radius 1 is 1.24 bits per heavy atom. The van der Waals surface area contributed by atoms with Gasteiger partial charge in [-0.15, -0.1) is 11.3 Å². The summed E-state index contributed by atoms with van der Waals surface area (Å²) in [5.41, 5.74) is 1.19. The van der Waals surface area contributed by atoms with Gasteiger partial charge in [0.1, 0.15) is 17.0 Å². The summed E-state index contributed by atoms with van der Waals surface area (Å²) in [6.07, 6.45) is 6.70. The maximum atomic E-state index is 12.8. The molecule has 29 heavy (non-hydrogen) atoms. The van der Waals surface area contributed by atoms with Crippen LogP contribution in [0.4, 0.5) is 5.82 Å². The van der Waals surface area contributed by atoms with Crippen molar-refractivity contribution < 1.29 is 4.79 Å². The third-order valence-electron chi connectivity index (χ3n) is 5.81. The zero-order valence-corrected chi connectivity index (χ0v) is 18.0. The fraction of sp³-hybridized carbons (Fsp3) is 0.435. The van der Waals surface area contributed by atoms with Crippen molar-refractivity contribution in [3.63, 3.8) is 0 Å². The first-order chi connectivity index (χ1) is 14.2. The minimum Gasteiger partial charge on any atom is -0.359 e. The fourth-order valence-corrected chi connectivity index (χ4v) is 5.16. The highest BCUT2D eigenvalue weighted by Gasteiger charge is 2.25. The van der Waals surface area contributed by atoms with Crippen LogP contribution in [0.2, 0.25) is 0 Å². The SMILES string of the molecule is CCC1CCCCN1C(=O)CCN(C)c1ncnc2sc(-c3ccccc3)cc12. The molecule has 0 aliphatic carbocycles. The number of aromatic nitrogens is 2.